The molecule has 0 atom stereocenters. The minimum atomic E-state index is 1.18. The standard InChI is InChI=1S/C50H31N/c1-2-12-35-29-38(27-25-32(35)11-1)51-47-20-10-9-18-43(47)45-30-36(26-28-48(45)51)33-21-23-34(24-22-33)49-39-14-4-3-13-37(39)31-46-42-17-6-5-15-40(42)41-16-7-8-19-44(41)50(46)49/h1-31H. The van der Waals surface area contributed by atoms with Gasteiger partial charge in [0.15, 0.2) is 0 Å². The van der Waals surface area contributed by atoms with Crippen LogP contribution in [0.5, 0.6) is 0 Å². The van der Waals surface area contributed by atoms with E-state index in [0.29, 0.717) is 0 Å². The van der Waals surface area contributed by atoms with E-state index in [1.165, 1.54) is 104 Å². The lowest BCUT2D eigenvalue weighted by Gasteiger charge is -2.17. The van der Waals surface area contributed by atoms with E-state index in [1.54, 1.807) is 0 Å². The van der Waals surface area contributed by atoms with Gasteiger partial charge in [-0.2, -0.15) is 0 Å². The molecule has 0 aliphatic carbocycles. The lowest BCUT2D eigenvalue weighted by Crippen LogP contribution is -1.93. The molecule has 236 valence electrons. The fraction of sp³-hybridized carbons (Fsp3) is 0. The monoisotopic (exact) mass is 645 g/mol. The summed E-state index contributed by atoms with van der Waals surface area (Å²) in [5.74, 6) is 0. The van der Waals surface area contributed by atoms with Gasteiger partial charge in [0.05, 0.1) is 11.0 Å². The highest BCUT2D eigenvalue weighted by Gasteiger charge is 2.17. The van der Waals surface area contributed by atoms with Crippen molar-refractivity contribution < 1.29 is 0 Å². The fourth-order valence-electron chi connectivity index (χ4n) is 8.60. The zero-order chi connectivity index (χ0) is 33.5. The molecule has 0 radical (unpaired) electrons. The Hall–Kier alpha value is -6.70. The molecule has 0 aliphatic heterocycles. The summed E-state index contributed by atoms with van der Waals surface area (Å²) in [7, 11) is 0. The molecule has 0 saturated carbocycles. The number of aromatic nitrogens is 1. The third kappa shape index (κ3) is 4.22. The average molecular weight is 646 g/mol. The molecule has 0 spiro atoms. The summed E-state index contributed by atoms with van der Waals surface area (Å²) in [4.78, 5) is 0. The second-order valence-electron chi connectivity index (χ2n) is 13.7. The molecular formula is C50H31N. The van der Waals surface area contributed by atoms with E-state index < -0.39 is 0 Å². The van der Waals surface area contributed by atoms with Crippen molar-refractivity contribution in [3.05, 3.63) is 188 Å². The average Bonchev–Trinajstić information content (AvgIpc) is 3.54. The van der Waals surface area contributed by atoms with Crippen molar-refractivity contribution in [2.24, 2.45) is 0 Å². The van der Waals surface area contributed by atoms with E-state index in [4.69, 9.17) is 0 Å². The molecule has 11 rings (SSSR count). The predicted molar refractivity (Wildman–Crippen MR) is 219 cm³/mol. The topological polar surface area (TPSA) is 4.93 Å². The summed E-state index contributed by atoms with van der Waals surface area (Å²) in [5.41, 5.74) is 8.57. The Balaban J connectivity index is 1.10. The van der Waals surface area contributed by atoms with Gasteiger partial charge >= 0.3 is 0 Å². The van der Waals surface area contributed by atoms with E-state index in [9.17, 15) is 0 Å². The highest BCUT2D eigenvalue weighted by Crippen LogP contribution is 2.44. The van der Waals surface area contributed by atoms with Gasteiger partial charge in [-0.05, 0) is 113 Å². The number of para-hydroxylation sites is 1. The molecule has 0 fully saturated rings. The first-order valence-corrected chi connectivity index (χ1v) is 17.7. The molecule has 1 nitrogen and oxygen atoms in total. The van der Waals surface area contributed by atoms with Crippen LogP contribution in [0.15, 0.2) is 188 Å². The van der Waals surface area contributed by atoms with Crippen LogP contribution in [-0.2, 0) is 0 Å². The maximum Gasteiger partial charge on any atom is 0.0541 e. The first-order valence-electron chi connectivity index (χ1n) is 17.7. The normalized spacial score (nSPS) is 11.9. The Morgan fingerprint density at radius 2 is 0.824 bits per heavy atom. The maximum atomic E-state index is 2.41. The fourth-order valence-corrected chi connectivity index (χ4v) is 8.60. The highest BCUT2D eigenvalue weighted by molar-refractivity contribution is 6.32. The molecule has 0 bridgehead atoms. The van der Waals surface area contributed by atoms with Crippen LogP contribution in [0, 0.1) is 0 Å². The van der Waals surface area contributed by atoms with Gasteiger partial charge in [0.2, 0.25) is 0 Å². The van der Waals surface area contributed by atoms with Crippen LogP contribution in [-0.4, -0.2) is 4.57 Å². The summed E-state index contributed by atoms with van der Waals surface area (Å²) in [6.45, 7) is 0. The minimum absolute atomic E-state index is 1.18. The van der Waals surface area contributed by atoms with E-state index in [-0.39, 0.29) is 0 Å². The Morgan fingerprint density at radius 3 is 1.61 bits per heavy atom. The second kappa shape index (κ2) is 10.9. The van der Waals surface area contributed by atoms with Crippen molar-refractivity contribution in [3.63, 3.8) is 0 Å². The summed E-state index contributed by atoms with van der Waals surface area (Å²) >= 11 is 0. The molecule has 11 aromatic rings. The molecule has 0 unspecified atom stereocenters. The molecule has 1 heteroatoms. The summed E-state index contributed by atoms with van der Waals surface area (Å²) in [5, 5.41) is 15.4. The Kier molecular flexibility index (Phi) is 6.02. The lowest BCUT2D eigenvalue weighted by molar-refractivity contribution is 1.19. The zero-order valence-electron chi connectivity index (χ0n) is 27.8. The van der Waals surface area contributed by atoms with Crippen molar-refractivity contribution in [2.45, 2.75) is 0 Å². The number of nitrogens with zero attached hydrogens (tertiary/aromatic N) is 1. The second-order valence-corrected chi connectivity index (χ2v) is 13.7. The summed E-state index contributed by atoms with van der Waals surface area (Å²) in [6.07, 6.45) is 0. The molecule has 51 heavy (non-hydrogen) atoms. The van der Waals surface area contributed by atoms with Gasteiger partial charge in [0.25, 0.3) is 0 Å². The van der Waals surface area contributed by atoms with Gasteiger partial charge in [0, 0.05) is 16.5 Å². The van der Waals surface area contributed by atoms with Gasteiger partial charge in [-0.25, -0.2) is 0 Å². The van der Waals surface area contributed by atoms with Crippen LogP contribution in [0.2, 0.25) is 0 Å². The Bertz CT molecular complexity index is 3180. The molecule has 0 aliphatic rings. The van der Waals surface area contributed by atoms with Gasteiger partial charge in [0.1, 0.15) is 0 Å². The Labute approximate surface area is 295 Å². The third-order valence-corrected chi connectivity index (χ3v) is 10.9. The summed E-state index contributed by atoms with van der Waals surface area (Å²) in [6, 6.07) is 69.3. The molecule has 0 saturated heterocycles. The minimum Gasteiger partial charge on any atom is -0.309 e. The van der Waals surface area contributed by atoms with Crippen molar-refractivity contribution in [1.29, 1.82) is 0 Å². The quantitative estimate of drug-likeness (QED) is 0.133. The van der Waals surface area contributed by atoms with Crippen molar-refractivity contribution in [3.8, 4) is 27.9 Å². The number of fused-ring (bicyclic) bond motifs is 11. The number of rotatable bonds is 3. The smallest absolute Gasteiger partial charge is 0.0541 e. The van der Waals surface area contributed by atoms with Crippen LogP contribution in [0.1, 0.15) is 0 Å². The Morgan fingerprint density at radius 1 is 0.275 bits per heavy atom. The predicted octanol–water partition coefficient (Wildman–Crippen LogP) is 13.9. The SMILES string of the molecule is c1ccc2cc(-n3c4ccccc4c4cc(-c5ccc(-c6c7ccccc7cc7c8ccccc8c8ccccc8c67)cc5)ccc43)ccc2c1. The van der Waals surface area contributed by atoms with Gasteiger partial charge < -0.3 is 4.57 Å². The van der Waals surface area contributed by atoms with Gasteiger partial charge in [-0.1, -0.05) is 152 Å². The van der Waals surface area contributed by atoms with E-state index in [2.05, 4.69) is 193 Å². The molecule has 10 aromatic carbocycles. The van der Waals surface area contributed by atoms with Crippen LogP contribution in [0.3, 0.4) is 0 Å². The largest absolute Gasteiger partial charge is 0.309 e. The van der Waals surface area contributed by atoms with Gasteiger partial charge in [-0.3, -0.25) is 0 Å². The maximum absolute atomic E-state index is 2.41. The molecule has 0 amide bonds. The number of hydrogen-bond acceptors (Lipinski definition) is 0. The first-order chi connectivity index (χ1) is 25.3. The number of hydrogen-bond donors (Lipinski definition) is 0. The van der Waals surface area contributed by atoms with Crippen LogP contribution >= 0.6 is 0 Å². The third-order valence-electron chi connectivity index (χ3n) is 10.9. The van der Waals surface area contributed by atoms with Crippen LogP contribution < -0.4 is 0 Å². The van der Waals surface area contributed by atoms with E-state index in [1.807, 2.05) is 0 Å². The molecular weight excluding hydrogens is 615 g/mol. The molecule has 0 N–H and O–H groups in total. The number of benzene rings is 10. The van der Waals surface area contributed by atoms with E-state index in [0.717, 1.165) is 0 Å². The zero-order valence-corrected chi connectivity index (χ0v) is 27.8. The van der Waals surface area contributed by atoms with Crippen LogP contribution in [0.4, 0.5) is 0 Å². The van der Waals surface area contributed by atoms with Crippen molar-refractivity contribution in [2.75, 3.05) is 0 Å². The van der Waals surface area contributed by atoms with E-state index >= 15 is 0 Å². The first kappa shape index (κ1) is 28.2. The lowest BCUT2D eigenvalue weighted by atomic mass is 9.86. The molecule has 1 heterocycles. The van der Waals surface area contributed by atoms with Crippen LogP contribution in [0.25, 0.3) is 104 Å². The highest BCUT2D eigenvalue weighted by atomic mass is 15.0. The van der Waals surface area contributed by atoms with Gasteiger partial charge in [-0.15, -0.1) is 0 Å². The van der Waals surface area contributed by atoms with Crippen molar-refractivity contribution >= 4 is 75.7 Å². The summed E-state index contributed by atoms with van der Waals surface area (Å²) < 4.78 is 2.41. The van der Waals surface area contributed by atoms with Crippen molar-refractivity contribution in [1.82, 2.24) is 4.57 Å². The molecule has 1 aromatic heterocycles.